The van der Waals surface area contributed by atoms with Crippen LogP contribution in [-0.2, 0) is 18.3 Å². The number of benzene rings is 1. The summed E-state index contributed by atoms with van der Waals surface area (Å²) in [5, 5.41) is 7.38. The van der Waals surface area contributed by atoms with E-state index in [4.69, 9.17) is 0 Å². The molecule has 0 fully saturated rings. The molecule has 21 heavy (non-hydrogen) atoms. The number of nitrogens with zero attached hydrogens (tertiary/aromatic N) is 2. The maximum absolute atomic E-state index is 12.1. The lowest BCUT2D eigenvalue weighted by molar-refractivity contribution is -0.116. The van der Waals surface area contributed by atoms with Crippen LogP contribution in [0.4, 0.5) is 5.69 Å². The van der Waals surface area contributed by atoms with Gasteiger partial charge in [-0.2, -0.15) is 5.10 Å². The third kappa shape index (κ3) is 3.32. The van der Waals surface area contributed by atoms with Gasteiger partial charge in [-0.05, 0) is 56.9 Å². The largest absolute Gasteiger partial charge is 0.326 e. The van der Waals surface area contributed by atoms with Crippen molar-refractivity contribution in [1.82, 2.24) is 9.78 Å². The first-order chi connectivity index (χ1) is 9.90. The van der Waals surface area contributed by atoms with E-state index in [9.17, 15) is 4.79 Å². The van der Waals surface area contributed by atoms with Crippen molar-refractivity contribution >= 4 is 11.6 Å². The van der Waals surface area contributed by atoms with E-state index in [2.05, 4.69) is 10.4 Å². The van der Waals surface area contributed by atoms with E-state index in [-0.39, 0.29) is 5.91 Å². The Hall–Kier alpha value is -2.10. The minimum atomic E-state index is 0.0475. The highest BCUT2D eigenvalue weighted by molar-refractivity contribution is 5.91. The van der Waals surface area contributed by atoms with Crippen LogP contribution in [0.1, 0.15) is 34.5 Å². The summed E-state index contributed by atoms with van der Waals surface area (Å²) in [6.07, 6.45) is 1.20. The van der Waals surface area contributed by atoms with Gasteiger partial charge in [-0.15, -0.1) is 0 Å². The molecule has 1 amide bonds. The van der Waals surface area contributed by atoms with Gasteiger partial charge in [0.2, 0.25) is 5.91 Å². The lowest BCUT2D eigenvalue weighted by Gasteiger charge is -2.10. The second-order valence-corrected chi connectivity index (χ2v) is 5.57. The van der Waals surface area contributed by atoms with Crippen LogP contribution in [0.5, 0.6) is 0 Å². The van der Waals surface area contributed by atoms with Gasteiger partial charge >= 0.3 is 0 Å². The zero-order valence-electron chi connectivity index (χ0n) is 13.4. The number of aromatic nitrogens is 2. The molecule has 0 unspecified atom stereocenters. The van der Waals surface area contributed by atoms with Gasteiger partial charge in [-0.25, -0.2) is 0 Å². The third-order valence-electron chi connectivity index (χ3n) is 4.14. The molecule has 0 spiro atoms. The third-order valence-corrected chi connectivity index (χ3v) is 4.14. The highest BCUT2D eigenvalue weighted by atomic mass is 16.1. The van der Waals surface area contributed by atoms with Gasteiger partial charge in [0.25, 0.3) is 0 Å². The number of carbonyl (C=O) groups is 1. The molecular formula is C17H23N3O. The van der Waals surface area contributed by atoms with Crippen LogP contribution in [0.3, 0.4) is 0 Å². The van der Waals surface area contributed by atoms with Crippen LogP contribution >= 0.6 is 0 Å². The first kappa shape index (κ1) is 15.3. The van der Waals surface area contributed by atoms with E-state index in [0.29, 0.717) is 6.42 Å². The summed E-state index contributed by atoms with van der Waals surface area (Å²) in [5.74, 6) is 0.0475. The molecule has 4 heteroatoms. The molecule has 112 valence electrons. The maximum atomic E-state index is 12.1. The fourth-order valence-electron chi connectivity index (χ4n) is 2.52. The molecule has 1 aromatic heterocycles. The molecule has 1 aromatic carbocycles. The number of amides is 1. The molecule has 0 saturated carbocycles. The fourth-order valence-corrected chi connectivity index (χ4v) is 2.52. The Labute approximate surface area is 126 Å². The molecule has 0 aliphatic heterocycles. The molecule has 0 aliphatic carbocycles. The van der Waals surface area contributed by atoms with Crippen LogP contribution in [0, 0.1) is 27.7 Å². The van der Waals surface area contributed by atoms with Crippen LogP contribution in [-0.4, -0.2) is 15.7 Å². The van der Waals surface area contributed by atoms with E-state index >= 15 is 0 Å². The summed E-state index contributed by atoms with van der Waals surface area (Å²) in [6.45, 7) is 8.11. The summed E-state index contributed by atoms with van der Waals surface area (Å²) >= 11 is 0. The zero-order chi connectivity index (χ0) is 15.6. The summed E-state index contributed by atoms with van der Waals surface area (Å²) in [6, 6.07) is 5.96. The molecule has 0 aliphatic rings. The summed E-state index contributed by atoms with van der Waals surface area (Å²) < 4.78 is 1.87. The quantitative estimate of drug-likeness (QED) is 0.937. The minimum absolute atomic E-state index is 0.0475. The van der Waals surface area contributed by atoms with Crippen LogP contribution in [0.25, 0.3) is 0 Å². The minimum Gasteiger partial charge on any atom is -0.326 e. The average Bonchev–Trinajstić information content (AvgIpc) is 2.67. The summed E-state index contributed by atoms with van der Waals surface area (Å²) in [5.41, 5.74) is 6.53. The average molecular weight is 285 g/mol. The molecule has 1 heterocycles. The SMILES string of the molecule is Cc1cccc(NC(=O)CCc2c(C)nn(C)c2C)c1C. The van der Waals surface area contributed by atoms with E-state index in [1.165, 1.54) is 11.1 Å². The maximum Gasteiger partial charge on any atom is 0.224 e. The van der Waals surface area contributed by atoms with E-state index < -0.39 is 0 Å². The highest BCUT2D eigenvalue weighted by Gasteiger charge is 2.12. The molecule has 0 saturated heterocycles. The number of aryl methyl sites for hydroxylation is 3. The fraction of sp³-hybridized carbons (Fsp3) is 0.412. The van der Waals surface area contributed by atoms with Gasteiger partial charge in [-0.3, -0.25) is 9.48 Å². The van der Waals surface area contributed by atoms with Crippen LogP contribution in [0.2, 0.25) is 0 Å². The van der Waals surface area contributed by atoms with Crippen molar-refractivity contribution in [3.05, 3.63) is 46.3 Å². The molecule has 2 rings (SSSR count). The zero-order valence-corrected chi connectivity index (χ0v) is 13.4. The van der Waals surface area contributed by atoms with Gasteiger partial charge in [0.15, 0.2) is 0 Å². The Kier molecular flexibility index (Phi) is 4.46. The number of anilines is 1. The van der Waals surface area contributed by atoms with Crippen LogP contribution in [0.15, 0.2) is 18.2 Å². The van der Waals surface area contributed by atoms with Crippen molar-refractivity contribution in [3.8, 4) is 0 Å². The molecule has 0 atom stereocenters. The molecule has 0 radical (unpaired) electrons. The lowest BCUT2D eigenvalue weighted by atomic mass is 10.1. The molecule has 4 nitrogen and oxygen atoms in total. The van der Waals surface area contributed by atoms with Crippen molar-refractivity contribution in [2.75, 3.05) is 5.32 Å². The van der Waals surface area contributed by atoms with E-state index in [0.717, 1.165) is 29.1 Å². The van der Waals surface area contributed by atoms with Crippen molar-refractivity contribution in [1.29, 1.82) is 0 Å². The Morgan fingerprint density at radius 2 is 1.95 bits per heavy atom. The Balaban J connectivity index is 2.01. The van der Waals surface area contributed by atoms with Crippen molar-refractivity contribution in [2.45, 2.75) is 40.5 Å². The molecular weight excluding hydrogens is 262 g/mol. The predicted molar refractivity (Wildman–Crippen MR) is 85.5 cm³/mol. The summed E-state index contributed by atoms with van der Waals surface area (Å²) in [4.78, 5) is 12.1. The van der Waals surface area contributed by atoms with Gasteiger partial charge < -0.3 is 5.32 Å². The number of hydrogen-bond acceptors (Lipinski definition) is 2. The molecule has 1 N–H and O–H groups in total. The Morgan fingerprint density at radius 1 is 1.24 bits per heavy atom. The number of nitrogens with one attached hydrogen (secondary N) is 1. The second-order valence-electron chi connectivity index (χ2n) is 5.57. The Bertz CT molecular complexity index is 671. The Morgan fingerprint density at radius 3 is 2.57 bits per heavy atom. The number of hydrogen-bond donors (Lipinski definition) is 1. The molecule has 2 aromatic rings. The lowest BCUT2D eigenvalue weighted by Crippen LogP contribution is -2.13. The van der Waals surface area contributed by atoms with E-state index in [1.54, 1.807) is 0 Å². The van der Waals surface area contributed by atoms with E-state index in [1.807, 2.05) is 57.6 Å². The van der Waals surface area contributed by atoms with Gasteiger partial charge in [0, 0.05) is 24.8 Å². The smallest absolute Gasteiger partial charge is 0.224 e. The first-order valence-electron chi connectivity index (χ1n) is 7.25. The van der Waals surface area contributed by atoms with Crippen molar-refractivity contribution in [3.63, 3.8) is 0 Å². The van der Waals surface area contributed by atoms with Gasteiger partial charge in [-0.1, -0.05) is 12.1 Å². The van der Waals surface area contributed by atoms with Gasteiger partial charge in [0.05, 0.1) is 5.69 Å². The number of carbonyl (C=O) groups excluding carboxylic acids is 1. The first-order valence-corrected chi connectivity index (χ1v) is 7.25. The summed E-state index contributed by atoms with van der Waals surface area (Å²) in [7, 11) is 1.93. The molecule has 0 bridgehead atoms. The van der Waals surface area contributed by atoms with Gasteiger partial charge in [0.1, 0.15) is 0 Å². The second kappa shape index (κ2) is 6.12. The number of rotatable bonds is 4. The topological polar surface area (TPSA) is 46.9 Å². The normalized spacial score (nSPS) is 10.7. The van der Waals surface area contributed by atoms with Crippen molar-refractivity contribution in [2.24, 2.45) is 7.05 Å². The standard InChI is InChI=1S/C17H23N3O/c1-11-7-6-8-16(12(11)2)18-17(21)10-9-15-13(3)19-20(5)14(15)4/h6-8H,9-10H2,1-5H3,(H,18,21). The van der Waals surface area contributed by atoms with Crippen molar-refractivity contribution < 1.29 is 4.79 Å². The predicted octanol–water partition coefficient (Wildman–Crippen LogP) is 3.23. The monoisotopic (exact) mass is 285 g/mol. The highest BCUT2D eigenvalue weighted by Crippen LogP contribution is 2.19. The van der Waals surface area contributed by atoms with Crippen LogP contribution < -0.4 is 5.32 Å².